The van der Waals surface area contributed by atoms with Crippen LogP contribution in [0.4, 0.5) is 10.8 Å². The van der Waals surface area contributed by atoms with Crippen molar-refractivity contribution in [3.8, 4) is 11.3 Å². The van der Waals surface area contributed by atoms with Gasteiger partial charge in [0.05, 0.1) is 26.4 Å². The van der Waals surface area contributed by atoms with E-state index in [0.717, 1.165) is 10.2 Å². The molecule has 0 unspecified atom stereocenters. The van der Waals surface area contributed by atoms with E-state index in [2.05, 4.69) is 15.5 Å². The molecular formula is C18H11ClN4O3S. The zero-order valence-corrected chi connectivity index (χ0v) is 15.2. The van der Waals surface area contributed by atoms with Crippen molar-refractivity contribution in [2.75, 3.05) is 5.43 Å². The number of thiazole rings is 1. The van der Waals surface area contributed by atoms with Crippen LogP contribution in [0.2, 0.25) is 5.02 Å². The number of nitrogens with zero attached hydrogens (tertiary/aromatic N) is 3. The molecule has 134 valence electrons. The molecule has 2 aromatic carbocycles. The third-order valence-corrected chi connectivity index (χ3v) is 4.96. The minimum atomic E-state index is -0.496. The van der Waals surface area contributed by atoms with Crippen molar-refractivity contribution >= 4 is 50.2 Å². The van der Waals surface area contributed by atoms with Gasteiger partial charge in [0.2, 0.25) is 5.13 Å². The van der Waals surface area contributed by atoms with Crippen LogP contribution in [0.3, 0.4) is 0 Å². The number of hydrazone groups is 1. The molecule has 0 saturated heterocycles. The number of fused-ring (bicyclic) bond motifs is 1. The predicted molar refractivity (Wildman–Crippen MR) is 107 cm³/mol. The number of aromatic nitrogens is 1. The van der Waals surface area contributed by atoms with Gasteiger partial charge < -0.3 is 4.42 Å². The van der Waals surface area contributed by atoms with Gasteiger partial charge in [-0.05, 0) is 30.3 Å². The zero-order valence-electron chi connectivity index (χ0n) is 13.6. The largest absolute Gasteiger partial charge is 0.455 e. The van der Waals surface area contributed by atoms with Crippen LogP contribution in [0, 0.1) is 10.1 Å². The molecule has 2 heterocycles. The number of nitrogens with one attached hydrogen (secondary N) is 1. The van der Waals surface area contributed by atoms with E-state index in [1.54, 1.807) is 18.2 Å². The summed E-state index contributed by atoms with van der Waals surface area (Å²) in [7, 11) is 0. The van der Waals surface area contributed by atoms with Gasteiger partial charge in [0.1, 0.15) is 11.5 Å². The highest BCUT2D eigenvalue weighted by molar-refractivity contribution is 7.22. The number of halogens is 1. The Labute approximate surface area is 162 Å². The highest BCUT2D eigenvalue weighted by atomic mass is 35.5. The first-order chi connectivity index (χ1) is 13.1. The molecule has 0 fully saturated rings. The van der Waals surface area contributed by atoms with Crippen LogP contribution < -0.4 is 5.43 Å². The van der Waals surface area contributed by atoms with E-state index in [1.807, 2.05) is 24.3 Å². The first kappa shape index (κ1) is 17.2. The quantitative estimate of drug-likeness (QED) is 0.269. The average molecular weight is 399 g/mol. The molecule has 2 aromatic heterocycles. The predicted octanol–water partition coefficient (Wildman–Crippen LogP) is 5.56. The molecule has 0 aliphatic rings. The van der Waals surface area contributed by atoms with Gasteiger partial charge >= 0.3 is 0 Å². The minimum Gasteiger partial charge on any atom is -0.455 e. The number of nitro groups is 1. The summed E-state index contributed by atoms with van der Waals surface area (Å²) in [5.74, 6) is 1.00. The Kier molecular flexibility index (Phi) is 4.57. The summed E-state index contributed by atoms with van der Waals surface area (Å²) in [5.41, 5.74) is 4.29. The Hall–Kier alpha value is -3.23. The smallest absolute Gasteiger partial charge is 0.270 e. The number of para-hydroxylation sites is 1. The number of rotatable bonds is 5. The second-order valence-electron chi connectivity index (χ2n) is 5.48. The lowest BCUT2D eigenvalue weighted by Crippen LogP contribution is -1.88. The molecule has 0 spiro atoms. The molecule has 0 saturated carbocycles. The molecule has 9 heteroatoms. The summed E-state index contributed by atoms with van der Waals surface area (Å²) >= 11 is 7.62. The van der Waals surface area contributed by atoms with Crippen LogP contribution >= 0.6 is 22.9 Å². The Morgan fingerprint density at radius 2 is 2.07 bits per heavy atom. The standard InChI is InChI=1S/C18H11ClN4O3S/c19-14-9-11(23(24)25)5-7-13(14)16-8-6-12(26-16)10-20-22-18-21-15-3-1-2-4-17(15)27-18/h1-10H,(H,21,22). The maximum Gasteiger partial charge on any atom is 0.270 e. The summed E-state index contributed by atoms with van der Waals surface area (Å²) in [6, 6.07) is 15.5. The van der Waals surface area contributed by atoms with Crippen molar-refractivity contribution in [1.29, 1.82) is 0 Å². The minimum absolute atomic E-state index is 0.0721. The molecule has 0 aliphatic heterocycles. The topological polar surface area (TPSA) is 93.6 Å². The maximum atomic E-state index is 10.8. The molecule has 4 rings (SSSR count). The highest BCUT2D eigenvalue weighted by Gasteiger charge is 2.13. The van der Waals surface area contributed by atoms with Gasteiger partial charge in [-0.15, -0.1) is 0 Å². The number of anilines is 1. The van der Waals surface area contributed by atoms with Crippen molar-refractivity contribution in [2.45, 2.75) is 0 Å². The van der Waals surface area contributed by atoms with Gasteiger partial charge in [-0.2, -0.15) is 5.10 Å². The molecule has 27 heavy (non-hydrogen) atoms. The van der Waals surface area contributed by atoms with Crippen molar-refractivity contribution in [1.82, 2.24) is 4.98 Å². The maximum absolute atomic E-state index is 10.8. The van der Waals surface area contributed by atoms with Crippen molar-refractivity contribution < 1.29 is 9.34 Å². The molecule has 1 N–H and O–H groups in total. The Morgan fingerprint density at radius 1 is 1.22 bits per heavy atom. The van der Waals surface area contributed by atoms with Gasteiger partial charge in [0.15, 0.2) is 0 Å². The lowest BCUT2D eigenvalue weighted by molar-refractivity contribution is -0.384. The molecule has 4 aromatic rings. The van der Waals surface area contributed by atoms with Crippen LogP contribution in [0.15, 0.2) is 64.1 Å². The summed E-state index contributed by atoms with van der Waals surface area (Å²) in [6.45, 7) is 0. The fraction of sp³-hybridized carbons (Fsp3) is 0. The first-order valence-electron chi connectivity index (χ1n) is 7.79. The van der Waals surface area contributed by atoms with Crippen LogP contribution in [0.25, 0.3) is 21.5 Å². The lowest BCUT2D eigenvalue weighted by Gasteiger charge is -2.00. The average Bonchev–Trinajstić information content (AvgIpc) is 3.28. The van der Waals surface area contributed by atoms with E-state index in [0.29, 0.717) is 22.2 Å². The van der Waals surface area contributed by atoms with Crippen LogP contribution in [0.5, 0.6) is 0 Å². The van der Waals surface area contributed by atoms with Crippen LogP contribution in [0.1, 0.15) is 5.76 Å². The SMILES string of the molecule is O=[N+]([O-])c1ccc(-c2ccc(C=NNc3nc4ccccc4s3)o2)c(Cl)c1. The molecule has 0 aliphatic carbocycles. The second kappa shape index (κ2) is 7.18. The zero-order chi connectivity index (χ0) is 18.8. The number of furan rings is 1. The Bertz CT molecular complexity index is 1140. The third-order valence-electron chi connectivity index (χ3n) is 3.70. The van der Waals surface area contributed by atoms with Gasteiger partial charge in [0.25, 0.3) is 5.69 Å². The van der Waals surface area contributed by atoms with E-state index >= 15 is 0 Å². The number of non-ortho nitro benzene ring substituents is 1. The molecular weight excluding hydrogens is 388 g/mol. The number of nitro benzene ring substituents is 1. The first-order valence-corrected chi connectivity index (χ1v) is 8.98. The summed E-state index contributed by atoms with van der Waals surface area (Å²) in [5, 5.41) is 15.8. The van der Waals surface area contributed by atoms with Crippen LogP contribution in [-0.4, -0.2) is 16.1 Å². The summed E-state index contributed by atoms with van der Waals surface area (Å²) in [6.07, 6.45) is 1.52. The number of benzene rings is 2. The van der Waals surface area contributed by atoms with Crippen LogP contribution in [-0.2, 0) is 0 Å². The van der Waals surface area contributed by atoms with Gasteiger partial charge in [-0.1, -0.05) is 35.1 Å². The Morgan fingerprint density at radius 3 is 2.85 bits per heavy atom. The van der Waals surface area contributed by atoms with E-state index in [9.17, 15) is 10.1 Å². The normalized spacial score (nSPS) is 11.3. The van der Waals surface area contributed by atoms with E-state index in [-0.39, 0.29) is 10.7 Å². The molecule has 0 radical (unpaired) electrons. The van der Waals surface area contributed by atoms with Crippen molar-refractivity contribution in [3.63, 3.8) is 0 Å². The van der Waals surface area contributed by atoms with Crippen molar-refractivity contribution in [3.05, 3.63) is 75.5 Å². The lowest BCUT2D eigenvalue weighted by atomic mass is 10.1. The van der Waals surface area contributed by atoms with Crippen molar-refractivity contribution in [2.24, 2.45) is 5.10 Å². The molecule has 7 nitrogen and oxygen atoms in total. The van der Waals surface area contributed by atoms with E-state index in [4.69, 9.17) is 16.0 Å². The third kappa shape index (κ3) is 3.67. The monoisotopic (exact) mass is 398 g/mol. The summed E-state index contributed by atoms with van der Waals surface area (Å²) in [4.78, 5) is 14.7. The molecule has 0 bridgehead atoms. The number of hydrogen-bond acceptors (Lipinski definition) is 7. The summed E-state index contributed by atoms with van der Waals surface area (Å²) < 4.78 is 6.76. The van der Waals surface area contributed by atoms with E-state index in [1.165, 1.54) is 29.7 Å². The van der Waals surface area contributed by atoms with Gasteiger partial charge in [-0.25, -0.2) is 4.98 Å². The van der Waals surface area contributed by atoms with Gasteiger partial charge in [-0.3, -0.25) is 15.5 Å². The van der Waals surface area contributed by atoms with Gasteiger partial charge in [0, 0.05) is 17.7 Å². The Balaban J connectivity index is 1.49. The fourth-order valence-electron chi connectivity index (χ4n) is 2.46. The fourth-order valence-corrected chi connectivity index (χ4v) is 3.54. The molecule has 0 amide bonds. The van der Waals surface area contributed by atoms with E-state index < -0.39 is 4.92 Å². The second-order valence-corrected chi connectivity index (χ2v) is 6.92. The number of hydrogen-bond donors (Lipinski definition) is 1. The molecule has 0 atom stereocenters. The highest BCUT2D eigenvalue weighted by Crippen LogP contribution is 2.32.